The molecule has 6 nitrogen and oxygen atoms in total. The van der Waals surface area contributed by atoms with Gasteiger partial charge in [-0.1, -0.05) is 30.1 Å². The van der Waals surface area contributed by atoms with E-state index in [9.17, 15) is 9.90 Å². The number of carboxylic acid groups (broad SMARTS) is 1. The summed E-state index contributed by atoms with van der Waals surface area (Å²) in [6.45, 7) is 2.97. The quantitative estimate of drug-likeness (QED) is 0.361. The van der Waals surface area contributed by atoms with Crippen LogP contribution in [0.2, 0.25) is 10.0 Å². The van der Waals surface area contributed by atoms with Crippen LogP contribution >= 0.6 is 23.2 Å². The van der Waals surface area contributed by atoms with Gasteiger partial charge in [-0.2, -0.15) is 0 Å². The summed E-state index contributed by atoms with van der Waals surface area (Å²) in [6, 6.07) is 11.4. The van der Waals surface area contributed by atoms with E-state index >= 15 is 0 Å². The average Bonchev–Trinajstić information content (AvgIpc) is 3.36. The number of carboxylic acids is 1. The van der Waals surface area contributed by atoms with E-state index in [2.05, 4.69) is 4.98 Å². The van der Waals surface area contributed by atoms with Gasteiger partial charge >= 0.3 is 29.6 Å². The van der Waals surface area contributed by atoms with Gasteiger partial charge in [0.1, 0.15) is 5.75 Å². The van der Waals surface area contributed by atoms with Crippen LogP contribution in [0.25, 0.3) is 27.8 Å². The van der Waals surface area contributed by atoms with Crippen LogP contribution in [0.3, 0.4) is 0 Å². The largest absolute Gasteiger partial charge is 1.00 e. The Morgan fingerprint density at radius 1 is 1.12 bits per heavy atom. The number of nitrogens with zero attached hydrogens (tertiary/aromatic N) is 3. The van der Waals surface area contributed by atoms with Crippen LogP contribution in [0.15, 0.2) is 55.1 Å². The van der Waals surface area contributed by atoms with Crippen LogP contribution in [0.1, 0.15) is 19.8 Å². The molecule has 0 aliphatic carbocycles. The summed E-state index contributed by atoms with van der Waals surface area (Å²) in [5.41, 5.74) is 3.42. The van der Waals surface area contributed by atoms with Crippen LogP contribution in [0.5, 0.6) is 5.75 Å². The number of hydrogen-bond donors (Lipinski definition) is 0. The van der Waals surface area contributed by atoms with E-state index in [-0.39, 0.29) is 36.0 Å². The third kappa shape index (κ3) is 5.33. The number of aryl methyl sites for hydroxylation is 1. The third-order valence-corrected chi connectivity index (χ3v) is 5.54. The Balaban J connectivity index is 0.00000289. The number of carbonyl (C=O) groups is 1. The molecule has 0 saturated carbocycles. The predicted molar refractivity (Wildman–Crippen MR) is 120 cm³/mol. The first-order valence-corrected chi connectivity index (χ1v) is 10.7. The zero-order valence-corrected chi connectivity index (χ0v) is 21.4. The van der Waals surface area contributed by atoms with Crippen molar-refractivity contribution in [1.29, 1.82) is 0 Å². The Labute approximate surface area is 218 Å². The summed E-state index contributed by atoms with van der Waals surface area (Å²) in [6.07, 6.45) is 6.23. The first-order valence-electron chi connectivity index (χ1n) is 9.91. The predicted octanol–water partition coefficient (Wildman–Crippen LogP) is 1.73. The molecule has 0 aliphatic rings. The Bertz CT molecular complexity index is 1250. The second-order valence-electron chi connectivity index (χ2n) is 7.15. The molecule has 0 saturated heterocycles. The number of fused-ring (bicyclic) bond motifs is 1. The third-order valence-electron chi connectivity index (χ3n) is 4.94. The number of rotatable bonds is 8. The molecule has 2 aromatic heterocycles. The summed E-state index contributed by atoms with van der Waals surface area (Å²) in [7, 11) is 0. The molecule has 2 heterocycles. The van der Waals surface area contributed by atoms with Gasteiger partial charge in [-0.05, 0) is 42.8 Å². The minimum absolute atomic E-state index is 0. The maximum atomic E-state index is 10.8. The van der Waals surface area contributed by atoms with Crippen molar-refractivity contribution in [3.63, 3.8) is 0 Å². The van der Waals surface area contributed by atoms with Crippen LogP contribution in [-0.4, -0.2) is 26.7 Å². The molecular weight excluding hydrogens is 460 g/mol. The fourth-order valence-corrected chi connectivity index (χ4v) is 3.91. The summed E-state index contributed by atoms with van der Waals surface area (Å²) in [4.78, 5) is 15.3. The molecule has 0 unspecified atom stereocenters. The zero-order chi connectivity index (χ0) is 22.0. The van der Waals surface area contributed by atoms with Crippen molar-refractivity contribution >= 4 is 40.1 Å². The second-order valence-corrected chi connectivity index (χ2v) is 7.97. The van der Waals surface area contributed by atoms with Crippen molar-refractivity contribution < 1.29 is 44.2 Å². The van der Waals surface area contributed by atoms with Crippen LogP contribution < -0.4 is 39.4 Å². The molecule has 32 heavy (non-hydrogen) atoms. The Morgan fingerprint density at radius 2 is 1.94 bits per heavy atom. The Morgan fingerprint density at radius 3 is 2.66 bits per heavy atom. The molecule has 0 bridgehead atoms. The van der Waals surface area contributed by atoms with Crippen molar-refractivity contribution in [3.05, 3.63) is 65.2 Å². The van der Waals surface area contributed by atoms with E-state index in [4.69, 9.17) is 27.9 Å². The number of ether oxygens (including phenoxy) is 1. The molecule has 160 valence electrons. The summed E-state index contributed by atoms with van der Waals surface area (Å²) in [5, 5.41) is 12.7. The van der Waals surface area contributed by atoms with Gasteiger partial charge in [-0.3, -0.25) is 0 Å². The van der Waals surface area contributed by atoms with Gasteiger partial charge in [0.05, 0.1) is 28.7 Å². The zero-order valence-electron chi connectivity index (χ0n) is 17.8. The van der Waals surface area contributed by atoms with Crippen LogP contribution in [0, 0.1) is 0 Å². The van der Waals surface area contributed by atoms with E-state index in [0.717, 1.165) is 34.3 Å². The molecule has 9 heteroatoms. The average molecular weight is 480 g/mol. The first kappa shape index (κ1) is 24.7. The molecule has 0 radical (unpaired) electrons. The summed E-state index contributed by atoms with van der Waals surface area (Å²) in [5.74, 6) is -0.430. The van der Waals surface area contributed by atoms with E-state index in [1.807, 2.05) is 58.7 Å². The topological polar surface area (TPSA) is 72.1 Å². The molecule has 2 aromatic carbocycles. The van der Waals surface area contributed by atoms with E-state index in [1.165, 1.54) is 0 Å². The van der Waals surface area contributed by atoms with Gasteiger partial charge in [0.15, 0.2) is 0 Å². The maximum absolute atomic E-state index is 10.8. The number of imidazole rings is 1. The monoisotopic (exact) mass is 479 g/mol. The molecule has 4 aromatic rings. The molecule has 0 spiro atoms. The van der Waals surface area contributed by atoms with Crippen LogP contribution in [0.4, 0.5) is 0 Å². The molecule has 0 fully saturated rings. The number of halogens is 2. The molecule has 0 amide bonds. The van der Waals surface area contributed by atoms with Gasteiger partial charge in [0.2, 0.25) is 0 Å². The molecule has 0 aliphatic heterocycles. The van der Waals surface area contributed by atoms with Crippen molar-refractivity contribution in [2.24, 2.45) is 0 Å². The molecule has 4 rings (SSSR count). The fraction of sp³-hybridized carbons (Fsp3) is 0.217. The van der Waals surface area contributed by atoms with Gasteiger partial charge in [0, 0.05) is 53.5 Å². The van der Waals surface area contributed by atoms with E-state index < -0.39 is 5.97 Å². The minimum atomic E-state index is -1.09. The van der Waals surface area contributed by atoms with Gasteiger partial charge in [-0.25, -0.2) is 4.98 Å². The molecular formula is C23H20Cl2N3NaO3. The SMILES string of the molecule is CCCOc1ccc(-c2cn(-c3ccc4c(c3)c(Cl)cn4CCC(=O)[O-])cn2)cc1Cl.[Na+]. The first-order chi connectivity index (χ1) is 15.0. The minimum Gasteiger partial charge on any atom is -0.550 e. The Hall–Kier alpha value is -1.96. The summed E-state index contributed by atoms with van der Waals surface area (Å²) >= 11 is 12.7. The van der Waals surface area contributed by atoms with Gasteiger partial charge < -0.3 is 23.8 Å². The molecule has 0 N–H and O–H groups in total. The van der Waals surface area contributed by atoms with Gasteiger partial charge in [-0.15, -0.1) is 0 Å². The standard InChI is InChI=1S/C23H21Cl2N3O3.Na/c1-2-9-31-22-6-3-15(10-18(22)24)20-13-28(14-26-20)16-4-5-21-17(11-16)19(25)12-27(21)8-7-23(29)30;/h3-6,10-14H,2,7-9H2,1H3,(H,29,30);/q;+1/p-1. The maximum Gasteiger partial charge on any atom is 1.00 e. The van der Waals surface area contributed by atoms with Crippen molar-refractivity contribution in [3.8, 4) is 22.7 Å². The van der Waals surface area contributed by atoms with Crippen LogP contribution in [-0.2, 0) is 11.3 Å². The number of benzene rings is 2. The van der Waals surface area contributed by atoms with Crippen molar-refractivity contribution in [2.45, 2.75) is 26.3 Å². The van der Waals surface area contributed by atoms with Crippen molar-refractivity contribution in [2.75, 3.05) is 6.61 Å². The smallest absolute Gasteiger partial charge is 0.550 e. The number of hydrogen-bond acceptors (Lipinski definition) is 4. The normalized spacial score (nSPS) is 10.8. The Kier molecular flexibility index (Phi) is 8.31. The number of carbonyl (C=O) groups excluding carboxylic acids is 1. The van der Waals surface area contributed by atoms with Crippen molar-refractivity contribution in [1.82, 2.24) is 14.1 Å². The number of aromatic nitrogens is 3. The molecule has 0 atom stereocenters. The fourth-order valence-electron chi connectivity index (χ4n) is 3.40. The van der Waals surface area contributed by atoms with E-state index in [0.29, 0.717) is 28.9 Å². The summed E-state index contributed by atoms with van der Waals surface area (Å²) < 4.78 is 9.35. The second kappa shape index (κ2) is 10.8. The van der Waals surface area contributed by atoms with Gasteiger partial charge in [0.25, 0.3) is 0 Å². The van der Waals surface area contributed by atoms with E-state index in [1.54, 1.807) is 12.5 Å². The number of aliphatic carboxylic acids is 1.